The summed E-state index contributed by atoms with van der Waals surface area (Å²) in [6.07, 6.45) is 1.60. The lowest BCUT2D eigenvalue weighted by molar-refractivity contribution is 0.416. The van der Waals surface area contributed by atoms with Crippen molar-refractivity contribution in [3.05, 3.63) is 63.4 Å². The molecule has 0 radical (unpaired) electrons. The monoisotopic (exact) mass is 342 g/mol. The topological polar surface area (TPSA) is 46.8 Å². The molecule has 0 atom stereocenters. The van der Waals surface area contributed by atoms with Gasteiger partial charge in [-0.1, -0.05) is 41.7 Å². The summed E-state index contributed by atoms with van der Waals surface area (Å²) in [4.78, 5) is 5.00. The van der Waals surface area contributed by atoms with Gasteiger partial charge in [-0.2, -0.15) is 0 Å². The number of thiazole rings is 1. The maximum Gasteiger partial charge on any atom is 0.216 e. The van der Waals surface area contributed by atoms with E-state index in [1.165, 1.54) is 11.3 Å². The molecule has 0 saturated carbocycles. The first-order chi connectivity index (χ1) is 11.2. The van der Waals surface area contributed by atoms with Crippen LogP contribution in [0.3, 0.4) is 0 Å². The number of hydrogen-bond acceptors (Lipinski definition) is 5. The van der Waals surface area contributed by atoms with Crippen molar-refractivity contribution >= 4 is 35.5 Å². The fourth-order valence-corrected chi connectivity index (χ4v) is 3.36. The molecular formula is C17H14N2O2S2. The molecule has 4 nitrogen and oxygen atoms in total. The van der Waals surface area contributed by atoms with Crippen molar-refractivity contribution in [1.82, 2.24) is 4.57 Å². The number of aromatic hydroxyl groups is 1. The van der Waals surface area contributed by atoms with E-state index in [0.717, 1.165) is 5.69 Å². The van der Waals surface area contributed by atoms with Crippen LogP contribution in [0.15, 0.2) is 59.6 Å². The van der Waals surface area contributed by atoms with E-state index in [1.54, 1.807) is 17.9 Å². The van der Waals surface area contributed by atoms with Crippen LogP contribution < -0.4 is 4.74 Å². The molecule has 3 rings (SSSR count). The van der Waals surface area contributed by atoms with Crippen LogP contribution in [-0.2, 0) is 0 Å². The predicted octanol–water partition coefficient (Wildman–Crippen LogP) is 4.73. The van der Waals surface area contributed by atoms with Crippen molar-refractivity contribution in [2.45, 2.75) is 0 Å². The minimum atomic E-state index is 0.0878. The first-order valence-corrected chi connectivity index (χ1v) is 8.10. The largest absolute Gasteiger partial charge is 0.494 e. The van der Waals surface area contributed by atoms with Crippen LogP contribution in [0, 0.1) is 3.95 Å². The standard InChI is InChI=1S/C17H14N2O2S2/c1-21-14-10-6-5-9-13(14)18-11-15-16(20)19(17(22)23-15)12-7-3-2-4-8-12/h2-11,20H,1H3. The van der Waals surface area contributed by atoms with Crippen LogP contribution >= 0.6 is 23.6 Å². The number of rotatable bonds is 4. The number of para-hydroxylation sites is 3. The zero-order valence-corrected chi connectivity index (χ0v) is 14.0. The molecule has 23 heavy (non-hydrogen) atoms. The summed E-state index contributed by atoms with van der Waals surface area (Å²) in [5, 5.41) is 10.5. The third kappa shape index (κ3) is 3.18. The van der Waals surface area contributed by atoms with Crippen LogP contribution in [0.5, 0.6) is 11.6 Å². The molecule has 116 valence electrons. The van der Waals surface area contributed by atoms with E-state index in [-0.39, 0.29) is 5.88 Å². The number of hydrogen-bond donors (Lipinski definition) is 1. The third-order valence-corrected chi connectivity index (χ3v) is 4.53. The maximum absolute atomic E-state index is 10.5. The van der Waals surface area contributed by atoms with Gasteiger partial charge in [0, 0.05) is 0 Å². The quantitative estimate of drug-likeness (QED) is 0.550. The molecule has 0 unspecified atom stereocenters. The second kappa shape index (κ2) is 6.76. The average Bonchev–Trinajstić information content (AvgIpc) is 2.87. The molecule has 0 aliphatic heterocycles. The predicted molar refractivity (Wildman–Crippen MR) is 96.4 cm³/mol. The Labute approximate surface area is 143 Å². The van der Waals surface area contributed by atoms with Crippen LogP contribution in [0.2, 0.25) is 0 Å². The normalized spacial score (nSPS) is 11.0. The highest BCUT2D eigenvalue weighted by Gasteiger charge is 2.11. The minimum absolute atomic E-state index is 0.0878. The second-order valence-electron chi connectivity index (χ2n) is 4.66. The molecule has 3 aromatic rings. The Hall–Kier alpha value is -2.44. The SMILES string of the molecule is COc1ccccc1N=Cc1sc(=S)n(-c2ccccc2)c1O. The van der Waals surface area contributed by atoms with Crippen LogP contribution in [0.25, 0.3) is 5.69 Å². The van der Waals surface area contributed by atoms with Crippen molar-refractivity contribution in [1.29, 1.82) is 0 Å². The van der Waals surface area contributed by atoms with Crippen LogP contribution in [-0.4, -0.2) is 23.0 Å². The molecule has 0 spiro atoms. The zero-order valence-electron chi connectivity index (χ0n) is 12.3. The van der Waals surface area contributed by atoms with Crippen molar-refractivity contribution in [2.24, 2.45) is 4.99 Å². The van der Waals surface area contributed by atoms with E-state index < -0.39 is 0 Å². The smallest absolute Gasteiger partial charge is 0.216 e. The van der Waals surface area contributed by atoms with Gasteiger partial charge in [-0.05, 0) is 36.5 Å². The zero-order chi connectivity index (χ0) is 16.2. The Kier molecular flexibility index (Phi) is 4.55. The van der Waals surface area contributed by atoms with Gasteiger partial charge in [-0.15, -0.1) is 0 Å². The molecule has 1 N–H and O–H groups in total. The van der Waals surface area contributed by atoms with Gasteiger partial charge in [0.25, 0.3) is 0 Å². The number of benzene rings is 2. The lowest BCUT2D eigenvalue weighted by Crippen LogP contribution is -1.92. The Bertz CT molecular complexity index is 898. The summed E-state index contributed by atoms with van der Waals surface area (Å²) in [5.41, 5.74) is 1.52. The Balaban J connectivity index is 1.99. The molecule has 0 aliphatic carbocycles. The van der Waals surface area contributed by atoms with Gasteiger partial charge in [0.1, 0.15) is 16.3 Å². The summed E-state index contributed by atoms with van der Waals surface area (Å²) < 4.78 is 7.46. The van der Waals surface area contributed by atoms with E-state index in [0.29, 0.717) is 20.3 Å². The van der Waals surface area contributed by atoms with Gasteiger partial charge < -0.3 is 9.84 Å². The minimum Gasteiger partial charge on any atom is -0.494 e. The van der Waals surface area contributed by atoms with Crippen molar-refractivity contribution in [3.8, 4) is 17.3 Å². The average molecular weight is 342 g/mol. The lowest BCUT2D eigenvalue weighted by atomic mass is 10.3. The van der Waals surface area contributed by atoms with Gasteiger partial charge in [0.15, 0.2) is 3.95 Å². The molecule has 1 heterocycles. The number of methoxy groups -OCH3 is 1. The summed E-state index contributed by atoms with van der Waals surface area (Å²) in [5.74, 6) is 0.763. The van der Waals surface area contributed by atoms with Gasteiger partial charge in [-0.25, -0.2) is 0 Å². The molecule has 0 fully saturated rings. The van der Waals surface area contributed by atoms with E-state index >= 15 is 0 Å². The second-order valence-corrected chi connectivity index (χ2v) is 6.33. The number of aromatic nitrogens is 1. The Morgan fingerprint density at radius 1 is 1.13 bits per heavy atom. The molecule has 0 bridgehead atoms. The highest BCUT2D eigenvalue weighted by molar-refractivity contribution is 7.73. The number of ether oxygens (including phenoxy) is 1. The van der Waals surface area contributed by atoms with Crippen LogP contribution in [0.1, 0.15) is 4.88 Å². The molecule has 2 aromatic carbocycles. The summed E-state index contributed by atoms with van der Waals surface area (Å²) in [7, 11) is 1.60. The Morgan fingerprint density at radius 3 is 2.57 bits per heavy atom. The van der Waals surface area contributed by atoms with E-state index in [2.05, 4.69) is 4.99 Å². The molecule has 1 aromatic heterocycles. The maximum atomic E-state index is 10.5. The first kappa shape index (κ1) is 15.5. The summed E-state index contributed by atoms with van der Waals surface area (Å²) in [6.45, 7) is 0. The Morgan fingerprint density at radius 2 is 1.83 bits per heavy atom. The molecule has 0 saturated heterocycles. The van der Waals surface area contributed by atoms with Crippen molar-refractivity contribution < 1.29 is 9.84 Å². The highest BCUT2D eigenvalue weighted by Crippen LogP contribution is 2.30. The summed E-state index contributed by atoms with van der Waals surface area (Å²) in [6, 6.07) is 16.9. The number of nitrogens with zero attached hydrogens (tertiary/aromatic N) is 2. The van der Waals surface area contributed by atoms with E-state index in [4.69, 9.17) is 17.0 Å². The van der Waals surface area contributed by atoms with E-state index in [9.17, 15) is 5.11 Å². The molecular weight excluding hydrogens is 328 g/mol. The third-order valence-electron chi connectivity index (χ3n) is 3.23. The fraction of sp³-hybridized carbons (Fsp3) is 0.0588. The highest BCUT2D eigenvalue weighted by atomic mass is 32.1. The molecule has 0 aliphatic rings. The van der Waals surface area contributed by atoms with Gasteiger partial charge >= 0.3 is 0 Å². The van der Waals surface area contributed by atoms with Crippen LogP contribution in [0.4, 0.5) is 5.69 Å². The molecule has 6 heteroatoms. The van der Waals surface area contributed by atoms with E-state index in [1.807, 2.05) is 54.6 Å². The molecule has 0 amide bonds. The first-order valence-electron chi connectivity index (χ1n) is 6.88. The van der Waals surface area contributed by atoms with Crippen molar-refractivity contribution in [3.63, 3.8) is 0 Å². The van der Waals surface area contributed by atoms with Gasteiger partial charge in [0.2, 0.25) is 5.88 Å². The van der Waals surface area contributed by atoms with Crippen molar-refractivity contribution in [2.75, 3.05) is 7.11 Å². The van der Waals surface area contributed by atoms with Gasteiger partial charge in [-0.3, -0.25) is 9.56 Å². The fourth-order valence-electron chi connectivity index (χ4n) is 2.14. The summed E-state index contributed by atoms with van der Waals surface area (Å²) >= 11 is 6.66. The van der Waals surface area contributed by atoms with Gasteiger partial charge in [0.05, 0.1) is 19.0 Å². The lowest BCUT2D eigenvalue weighted by Gasteiger charge is -2.04. The number of aliphatic imine (C=N–C) groups is 1.